The number of fused-ring (bicyclic) bond motifs is 2. The Hall–Kier alpha value is -3.25. The van der Waals surface area contributed by atoms with Crippen LogP contribution in [-0.2, 0) is 9.59 Å². The van der Waals surface area contributed by atoms with Gasteiger partial charge in [-0.3, -0.25) is 19.8 Å². The molecule has 1 aliphatic rings. The highest BCUT2D eigenvalue weighted by Crippen LogP contribution is 2.35. The summed E-state index contributed by atoms with van der Waals surface area (Å²) < 4.78 is 0. The summed E-state index contributed by atoms with van der Waals surface area (Å²) in [6.45, 7) is 0. The van der Waals surface area contributed by atoms with Crippen molar-refractivity contribution in [1.29, 1.82) is 0 Å². The minimum Gasteiger partial charge on any atom is -0.298 e. The number of hydrogen-bond donors (Lipinski definition) is 1. The van der Waals surface area contributed by atoms with Crippen LogP contribution in [0.15, 0.2) is 78.4 Å². The van der Waals surface area contributed by atoms with Gasteiger partial charge in [0.25, 0.3) is 11.8 Å². The number of amides is 2. The number of hydrogen-bond acceptors (Lipinski definition) is 3. The zero-order valence-corrected chi connectivity index (χ0v) is 18.8. The van der Waals surface area contributed by atoms with Crippen molar-refractivity contribution in [2.75, 3.05) is 4.90 Å². The molecule has 0 bridgehead atoms. The molecule has 1 fully saturated rings. The Morgan fingerprint density at radius 2 is 1.47 bits per heavy atom. The Morgan fingerprint density at radius 1 is 0.844 bits per heavy atom. The van der Waals surface area contributed by atoms with Gasteiger partial charge >= 0.3 is 0 Å². The van der Waals surface area contributed by atoms with E-state index >= 15 is 0 Å². The molecular weight excluding hydrogens is 463 g/mol. The third kappa shape index (κ3) is 3.35. The van der Waals surface area contributed by atoms with Crippen molar-refractivity contribution in [2.24, 2.45) is 0 Å². The van der Waals surface area contributed by atoms with E-state index in [2.05, 4.69) is 11.4 Å². The number of halogens is 2. The van der Waals surface area contributed by atoms with E-state index in [4.69, 9.17) is 35.4 Å². The van der Waals surface area contributed by atoms with Gasteiger partial charge in [-0.05, 0) is 63.6 Å². The van der Waals surface area contributed by atoms with Gasteiger partial charge in [-0.2, -0.15) is 0 Å². The molecule has 32 heavy (non-hydrogen) atoms. The molecule has 4 nitrogen and oxygen atoms in total. The van der Waals surface area contributed by atoms with Crippen LogP contribution in [-0.4, -0.2) is 16.9 Å². The predicted molar refractivity (Wildman–Crippen MR) is 134 cm³/mol. The monoisotopic (exact) mass is 476 g/mol. The van der Waals surface area contributed by atoms with Gasteiger partial charge in [-0.25, -0.2) is 0 Å². The van der Waals surface area contributed by atoms with E-state index in [1.165, 1.54) is 4.90 Å². The molecule has 4 aromatic rings. The largest absolute Gasteiger partial charge is 0.298 e. The fraction of sp³-hybridized carbons (Fsp3) is 0. The molecule has 1 heterocycles. The molecule has 0 saturated carbocycles. The molecule has 0 aliphatic carbocycles. The quantitative estimate of drug-likeness (QED) is 0.164. The fourth-order valence-electron chi connectivity index (χ4n) is 3.89. The second-order valence-corrected chi connectivity index (χ2v) is 8.44. The number of carbonyl (C=O) groups is 2. The van der Waals surface area contributed by atoms with E-state index in [9.17, 15) is 9.59 Å². The first-order valence-corrected chi connectivity index (χ1v) is 10.9. The minimum atomic E-state index is -0.570. The maximum Gasteiger partial charge on any atom is 0.270 e. The molecule has 0 unspecified atom stereocenters. The fourth-order valence-corrected chi connectivity index (χ4v) is 4.54. The predicted octanol–water partition coefficient (Wildman–Crippen LogP) is 6.13. The molecule has 0 spiro atoms. The van der Waals surface area contributed by atoms with E-state index in [1.807, 2.05) is 48.5 Å². The summed E-state index contributed by atoms with van der Waals surface area (Å²) in [6, 6.07) is 22.7. The molecule has 7 heteroatoms. The van der Waals surface area contributed by atoms with Gasteiger partial charge in [-0.15, -0.1) is 0 Å². The van der Waals surface area contributed by atoms with Gasteiger partial charge in [0.15, 0.2) is 5.11 Å². The third-order valence-corrected chi connectivity index (χ3v) is 6.47. The van der Waals surface area contributed by atoms with E-state index in [1.54, 1.807) is 24.3 Å². The lowest BCUT2D eigenvalue weighted by Crippen LogP contribution is -2.54. The van der Waals surface area contributed by atoms with Crippen LogP contribution >= 0.6 is 35.4 Å². The van der Waals surface area contributed by atoms with Gasteiger partial charge in [0.05, 0.1) is 15.7 Å². The van der Waals surface area contributed by atoms with Crippen molar-refractivity contribution in [3.8, 4) is 0 Å². The first-order chi connectivity index (χ1) is 15.5. The van der Waals surface area contributed by atoms with Crippen molar-refractivity contribution >= 4 is 85.7 Å². The molecule has 1 saturated heterocycles. The number of benzene rings is 4. The molecule has 1 aliphatic heterocycles. The van der Waals surface area contributed by atoms with Crippen LogP contribution in [0.4, 0.5) is 5.69 Å². The lowest BCUT2D eigenvalue weighted by Gasteiger charge is -2.29. The first-order valence-electron chi connectivity index (χ1n) is 9.71. The maximum atomic E-state index is 13.5. The maximum absolute atomic E-state index is 13.5. The minimum absolute atomic E-state index is 0.0452. The summed E-state index contributed by atoms with van der Waals surface area (Å²) in [7, 11) is 0. The van der Waals surface area contributed by atoms with E-state index in [0.29, 0.717) is 5.69 Å². The number of nitrogens with zero attached hydrogens (tertiary/aromatic N) is 1. The summed E-state index contributed by atoms with van der Waals surface area (Å²) in [5, 5.41) is 6.88. The van der Waals surface area contributed by atoms with Gasteiger partial charge in [0, 0.05) is 0 Å². The summed E-state index contributed by atoms with van der Waals surface area (Å²) in [5.74, 6) is -1.13. The highest BCUT2D eigenvalue weighted by molar-refractivity contribution is 7.80. The molecule has 0 aromatic heterocycles. The van der Waals surface area contributed by atoms with Crippen LogP contribution in [0.1, 0.15) is 5.56 Å². The number of carbonyl (C=O) groups excluding carboxylic acids is 2. The van der Waals surface area contributed by atoms with Crippen LogP contribution in [0.25, 0.3) is 27.6 Å². The van der Waals surface area contributed by atoms with Crippen molar-refractivity contribution in [3.63, 3.8) is 0 Å². The van der Waals surface area contributed by atoms with Crippen LogP contribution in [0.2, 0.25) is 10.0 Å². The first kappa shape index (κ1) is 20.6. The van der Waals surface area contributed by atoms with Gasteiger partial charge < -0.3 is 0 Å². The van der Waals surface area contributed by atoms with Crippen molar-refractivity contribution in [2.45, 2.75) is 0 Å². The Morgan fingerprint density at radius 3 is 2.12 bits per heavy atom. The summed E-state index contributed by atoms with van der Waals surface area (Å²) >= 11 is 17.8. The molecule has 156 valence electrons. The van der Waals surface area contributed by atoms with Crippen molar-refractivity contribution in [1.82, 2.24) is 5.32 Å². The van der Waals surface area contributed by atoms with Gasteiger partial charge in [0.2, 0.25) is 0 Å². The third-order valence-electron chi connectivity index (χ3n) is 5.38. The molecule has 1 N–H and O–H groups in total. The van der Waals surface area contributed by atoms with E-state index < -0.39 is 11.8 Å². The average molecular weight is 477 g/mol. The topological polar surface area (TPSA) is 49.4 Å². The summed E-state index contributed by atoms with van der Waals surface area (Å²) in [4.78, 5) is 27.5. The smallest absolute Gasteiger partial charge is 0.270 e. The highest BCUT2D eigenvalue weighted by Gasteiger charge is 2.36. The van der Waals surface area contributed by atoms with Crippen LogP contribution in [0, 0.1) is 0 Å². The van der Waals surface area contributed by atoms with Crippen molar-refractivity contribution in [3.05, 3.63) is 94.0 Å². The average Bonchev–Trinajstić information content (AvgIpc) is 2.78. The molecule has 5 rings (SSSR count). The normalized spacial score (nSPS) is 15.6. The summed E-state index contributed by atoms with van der Waals surface area (Å²) in [6.07, 6.45) is 1.62. The summed E-state index contributed by atoms with van der Waals surface area (Å²) in [5.41, 5.74) is 1.04. The number of nitrogens with one attached hydrogen (secondary N) is 1. The van der Waals surface area contributed by atoms with Gasteiger partial charge in [0.1, 0.15) is 5.57 Å². The Kier molecular flexibility index (Phi) is 5.18. The number of anilines is 1. The highest BCUT2D eigenvalue weighted by atomic mass is 35.5. The molecule has 4 aromatic carbocycles. The van der Waals surface area contributed by atoms with Crippen LogP contribution in [0.3, 0.4) is 0 Å². The zero-order valence-electron chi connectivity index (χ0n) is 16.4. The SMILES string of the molecule is O=C1NC(=S)N(c2cccc(Cl)c2Cl)C(=O)/C1=C/c1c2ccccc2cc2ccccc12. The Labute approximate surface area is 199 Å². The molecular formula is C25H14Cl2N2O2S. The van der Waals surface area contributed by atoms with E-state index in [-0.39, 0.29) is 20.7 Å². The standard InChI is InChI=1S/C25H14Cl2N2O2S/c26-20-10-5-11-21(22(20)27)29-24(31)19(23(30)28-25(29)32)13-18-16-8-3-1-6-14(16)12-15-7-2-4-9-17(15)18/h1-13H,(H,28,30,32)/b19-13+. The molecule has 0 radical (unpaired) electrons. The lowest BCUT2D eigenvalue weighted by atomic mass is 9.94. The molecule has 0 atom stereocenters. The van der Waals surface area contributed by atoms with Crippen LogP contribution < -0.4 is 10.2 Å². The zero-order chi connectivity index (χ0) is 22.4. The number of thiocarbonyl (C=S) groups is 1. The Balaban J connectivity index is 1.73. The van der Waals surface area contributed by atoms with E-state index in [0.717, 1.165) is 27.1 Å². The molecule has 2 amide bonds. The second kappa shape index (κ2) is 8.02. The number of rotatable bonds is 2. The Bertz CT molecular complexity index is 1440. The lowest BCUT2D eigenvalue weighted by molar-refractivity contribution is -0.122. The van der Waals surface area contributed by atoms with Crippen molar-refractivity contribution < 1.29 is 9.59 Å². The second-order valence-electron chi connectivity index (χ2n) is 7.26. The van der Waals surface area contributed by atoms with Crippen LogP contribution in [0.5, 0.6) is 0 Å². The van der Waals surface area contributed by atoms with Gasteiger partial charge in [-0.1, -0.05) is 77.8 Å².